The van der Waals surface area contributed by atoms with Crippen molar-refractivity contribution in [1.82, 2.24) is 4.98 Å². The molecule has 116 valence electrons. The molecule has 0 aromatic carbocycles. The summed E-state index contributed by atoms with van der Waals surface area (Å²) in [5.74, 6) is -1.15. The molecule has 0 radical (unpaired) electrons. The Morgan fingerprint density at radius 3 is 3.10 bits per heavy atom. The highest BCUT2D eigenvalue weighted by atomic mass is 32.1. The molecule has 2 atom stereocenters. The normalized spacial score (nSPS) is 25.7. The van der Waals surface area contributed by atoms with Gasteiger partial charge in [-0.1, -0.05) is 0 Å². The van der Waals surface area contributed by atoms with E-state index in [0.717, 1.165) is 56.2 Å². The van der Waals surface area contributed by atoms with E-state index >= 15 is 0 Å². The van der Waals surface area contributed by atoms with Crippen molar-refractivity contribution in [3.63, 3.8) is 0 Å². The average molecular weight is 310 g/mol. The molecule has 21 heavy (non-hydrogen) atoms. The van der Waals surface area contributed by atoms with Crippen LogP contribution in [0, 0.1) is 0 Å². The molecule has 0 amide bonds. The van der Waals surface area contributed by atoms with E-state index in [9.17, 15) is 9.90 Å². The van der Waals surface area contributed by atoms with Gasteiger partial charge in [0.1, 0.15) is 5.92 Å². The van der Waals surface area contributed by atoms with E-state index in [1.54, 1.807) is 11.3 Å². The summed E-state index contributed by atoms with van der Waals surface area (Å²) < 4.78 is 5.74. The molecule has 3 rings (SSSR count). The molecule has 1 aromatic rings. The van der Waals surface area contributed by atoms with E-state index < -0.39 is 11.9 Å². The number of carbonyl (C=O) groups is 1. The highest BCUT2D eigenvalue weighted by Gasteiger charge is 2.32. The Bertz CT molecular complexity index is 515. The Balaban J connectivity index is 1.79. The topological polar surface area (TPSA) is 62.7 Å². The number of carboxylic acid groups (broad SMARTS) is 1. The molecular formula is C15H22N2O3S. The number of hydrogen-bond donors (Lipinski definition) is 1. The monoisotopic (exact) mass is 310 g/mol. The SMILES string of the molecule is CCOC1CCCN(c2nc3c(s2)CCCC3C(=O)O)C1. The first kappa shape index (κ1) is 14.8. The van der Waals surface area contributed by atoms with Gasteiger partial charge in [0.15, 0.2) is 5.13 Å². The lowest BCUT2D eigenvalue weighted by Crippen LogP contribution is -2.39. The van der Waals surface area contributed by atoms with Crippen LogP contribution in [-0.2, 0) is 16.0 Å². The van der Waals surface area contributed by atoms with Crippen molar-refractivity contribution in [2.24, 2.45) is 0 Å². The minimum absolute atomic E-state index is 0.278. The number of aliphatic carboxylic acids is 1. The number of piperidine rings is 1. The van der Waals surface area contributed by atoms with E-state index in [4.69, 9.17) is 4.74 Å². The number of anilines is 1. The maximum absolute atomic E-state index is 11.4. The van der Waals surface area contributed by atoms with E-state index in [2.05, 4.69) is 9.88 Å². The standard InChI is InChI=1S/C15H22N2O3S/c1-2-20-10-5-4-8-17(9-10)15-16-13-11(14(18)19)6-3-7-12(13)21-15/h10-11H,2-9H2,1H3,(H,18,19). The van der Waals surface area contributed by atoms with Crippen molar-refractivity contribution in [1.29, 1.82) is 0 Å². The molecule has 2 aliphatic rings. The van der Waals surface area contributed by atoms with Crippen LogP contribution in [0.5, 0.6) is 0 Å². The maximum atomic E-state index is 11.4. The predicted molar refractivity (Wildman–Crippen MR) is 82.3 cm³/mol. The van der Waals surface area contributed by atoms with Gasteiger partial charge in [-0.2, -0.15) is 0 Å². The average Bonchev–Trinajstić information content (AvgIpc) is 2.91. The molecule has 1 fully saturated rings. The molecular weight excluding hydrogens is 288 g/mol. The van der Waals surface area contributed by atoms with E-state index in [1.165, 1.54) is 4.88 Å². The Hall–Kier alpha value is -1.14. The van der Waals surface area contributed by atoms with Crippen LogP contribution in [0.15, 0.2) is 0 Å². The highest BCUT2D eigenvalue weighted by molar-refractivity contribution is 7.15. The predicted octanol–water partition coefficient (Wildman–Crippen LogP) is 2.65. The number of rotatable bonds is 4. The molecule has 6 heteroatoms. The summed E-state index contributed by atoms with van der Waals surface area (Å²) in [6, 6.07) is 0. The van der Waals surface area contributed by atoms with Gasteiger partial charge in [-0.25, -0.2) is 4.98 Å². The first-order valence-corrected chi connectivity index (χ1v) is 8.59. The number of ether oxygens (including phenoxy) is 1. The lowest BCUT2D eigenvalue weighted by molar-refractivity contribution is -0.139. The number of nitrogens with zero attached hydrogens (tertiary/aromatic N) is 2. The first-order valence-electron chi connectivity index (χ1n) is 7.78. The number of thiazole rings is 1. The quantitative estimate of drug-likeness (QED) is 0.926. The molecule has 1 aromatic heterocycles. The second-order valence-corrected chi connectivity index (χ2v) is 6.82. The third-order valence-corrected chi connectivity index (χ3v) is 5.48. The van der Waals surface area contributed by atoms with E-state index in [-0.39, 0.29) is 6.10 Å². The second kappa shape index (κ2) is 6.32. The van der Waals surface area contributed by atoms with Crippen LogP contribution in [0.1, 0.15) is 49.1 Å². The third kappa shape index (κ3) is 3.06. The summed E-state index contributed by atoms with van der Waals surface area (Å²) in [5, 5.41) is 10.3. The minimum Gasteiger partial charge on any atom is -0.481 e. The molecule has 2 unspecified atom stereocenters. The van der Waals surface area contributed by atoms with Crippen molar-refractivity contribution in [3.8, 4) is 0 Å². The Morgan fingerprint density at radius 1 is 1.48 bits per heavy atom. The van der Waals surface area contributed by atoms with Crippen LogP contribution < -0.4 is 4.90 Å². The van der Waals surface area contributed by atoms with Gasteiger partial charge in [-0.3, -0.25) is 4.79 Å². The fourth-order valence-electron chi connectivity index (χ4n) is 3.26. The van der Waals surface area contributed by atoms with Gasteiger partial charge in [-0.05, 0) is 39.0 Å². The van der Waals surface area contributed by atoms with Crippen LogP contribution in [-0.4, -0.2) is 41.9 Å². The number of aryl methyl sites for hydroxylation is 1. The van der Waals surface area contributed by atoms with Crippen LogP contribution in [0.2, 0.25) is 0 Å². The third-order valence-electron chi connectivity index (χ3n) is 4.29. The maximum Gasteiger partial charge on any atom is 0.312 e. The number of aromatic nitrogens is 1. The molecule has 1 saturated heterocycles. The molecule has 5 nitrogen and oxygen atoms in total. The molecule has 1 N–H and O–H groups in total. The smallest absolute Gasteiger partial charge is 0.312 e. The van der Waals surface area contributed by atoms with Crippen LogP contribution >= 0.6 is 11.3 Å². The van der Waals surface area contributed by atoms with E-state index in [0.29, 0.717) is 6.42 Å². The van der Waals surface area contributed by atoms with Crippen molar-refractivity contribution >= 4 is 22.4 Å². The van der Waals surface area contributed by atoms with E-state index in [1.807, 2.05) is 6.92 Å². The van der Waals surface area contributed by atoms with Gasteiger partial charge in [-0.15, -0.1) is 11.3 Å². The Morgan fingerprint density at radius 2 is 2.33 bits per heavy atom. The Labute approximate surface area is 128 Å². The summed E-state index contributed by atoms with van der Waals surface area (Å²) in [6.07, 6.45) is 5.13. The summed E-state index contributed by atoms with van der Waals surface area (Å²) in [4.78, 5) is 19.5. The van der Waals surface area contributed by atoms with Gasteiger partial charge in [0, 0.05) is 24.6 Å². The summed E-state index contributed by atoms with van der Waals surface area (Å²) in [7, 11) is 0. The zero-order valence-corrected chi connectivity index (χ0v) is 13.2. The zero-order chi connectivity index (χ0) is 14.8. The van der Waals surface area contributed by atoms with Gasteiger partial charge >= 0.3 is 5.97 Å². The Kier molecular flexibility index (Phi) is 4.45. The molecule has 1 aliphatic heterocycles. The van der Waals surface area contributed by atoms with Gasteiger partial charge < -0.3 is 14.7 Å². The first-order chi connectivity index (χ1) is 10.2. The summed E-state index contributed by atoms with van der Waals surface area (Å²) in [6.45, 7) is 4.64. The lowest BCUT2D eigenvalue weighted by atomic mass is 9.91. The van der Waals surface area contributed by atoms with Crippen LogP contribution in [0.3, 0.4) is 0 Å². The van der Waals surface area contributed by atoms with Gasteiger partial charge in [0.25, 0.3) is 0 Å². The highest BCUT2D eigenvalue weighted by Crippen LogP contribution is 2.38. The van der Waals surface area contributed by atoms with Crippen molar-refractivity contribution in [3.05, 3.63) is 10.6 Å². The summed E-state index contributed by atoms with van der Waals surface area (Å²) in [5.41, 5.74) is 0.812. The van der Waals surface area contributed by atoms with Crippen molar-refractivity contribution in [2.45, 2.75) is 51.0 Å². The second-order valence-electron chi connectivity index (χ2n) is 5.75. The number of carboxylic acids is 1. The fourth-order valence-corrected chi connectivity index (χ4v) is 4.46. The fraction of sp³-hybridized carbons (Fsp3) is 0.733. The lowest BCUT2D eigenvalue weighted by Gasteiger charge is -2.32. The molecule has 0 bridgehead atoms. The molecule has 1 aliphatic carbocycles. The summed E-state index contributed by atoms with van der Waals surface area (Å²) >= 11 is 1.68. The number of fused-ring (bicyclic) bond motifs is 1. The van der Waals surface area contributed by atoms with Gasteiger partial charge in [0.05, 0.1) is 11.8 Å². The van der Waals surface area contributed by atoms with Crippen molar-refractivity contribution < 1.29 is 14.6 Å². The molecule has 0 spiro atoms. The number of hydrogen-bond acceptors (Lipinski definition) is 5. The van der Waals surface area contributed by atoms with Gasteiger partial charge in [0.2, 0.25) is 0 Å². The van der Waals surface area contributed by atoms with Crippen LogP contribution in [0.4, 0.5) is 5.13 Å². The zero-order valence-electron chi connectivity index (χ0n) is 12.4. The van der Waals surface area contributed by atoms with Crippen molar-refractivity contribution in [2.75, 3.05) is 24.6 Å². The van der Waals surface area contributed by atoms with Crippen LogP contribution in [0.25, 0.3) is 0 Å². The molecule has 0 saturated carbocycles. The largest absolute Gasteiger partial charge is 0.481 e. The molecule has 2 heterocycles. The minimum atomic E-state index is -0.737.